The molecule has 0 bridgehead atoms. The van der Waals surface area contributed by atoms with Gasteiger partial charge in [-0.25, -0.2) is 4.98 Å². The molecule has 2 aromatic heterocycles. The highest BCUT2D eigenvalue weighted by atomic mass is 35.5. The van der Waals surface area contributed by atoms with Crippen molar-refractivity contribution in [3.05, 3.63) is 71.2 Å². The Morgan fingerprint density at radius 1 is 0.773 bits per heavy atom. The minimum atomic E-state index is 0.380. The maximum absolute atomic E-state index is 6.31. The highest BCUT2D eigenvalue weighted by molar-refractivity contribution is 6.31. The van der Waals surface area contributed by atoms with E-state index in [0.29, 0.717) is 35.5 Å². The molecule has 1 saturated carbocycles. The van der Waals surface area contributed by atoms with Crippen LogP contribution in [0.2, 0.25) is 5.02 Å². The summed E-state index contributed by atoms with van der Waals surface area (Å²) in [7, 11) is 1.66. The third-order valence-corrected chi connectivity index (χ3v) is 8.30. The van der Waals surface area contributed by atoms with Gasteiger partial charge in [0.1, 0.15) is 5.75 Å². The quantitative estimate of drug-likeness (QED) is 0.0820. The lowest BCUT2D eigenvalue weighted by Crippen LogP contribution is -2.24. The fourth-order valence-electron chi connectivity index (χ4n) is 5.69. The van der Waals surface area contributed by atoms with Gasteiger partial charge in [0.2, 0.25) is 17.8 Å². The molecule has 228 valence electrons. The minimum absolute atomic E-state index is 0.380. The summed E-state index contributed by atoms with van der Waals surface area (Å²) in [5, 5.41) is 16.8. The highest BCUT2D eigenvalue weighted by Gasteiger charge is 2.16. The topological polar surface area (TPSA) is 109 Å². The molecule has 5 aromatic rings. The number of halogens is 1. The van der Waals surface area contributed by atoms with Crippen LogP contribution in [0.1, 0.15) is 51.0 Å². The molecule has 10 heteroatoms. The fourth-order valence-corrected chi connectivity index (χ4v) is 5.85. The number of aryl methyl sites for hydroxylation is 1. The second-order valence-electron chi connectivity index (χ2n) is 11.2. The smallest absolute Gasteiger partial charge is 0.233 e. The van der Waals surface area contributed by atoms with Crippen molar-refractivity contribution in [1.29, 1.82) is 0 Å². The third-order valence-electron chi connectivity index (χ3n) is 8.07. The fraction of sp³-hybridized carbons (Fsp3) is 0.353. The molecule has 0 atom stereocenters. The van der Waals surface area contributed by atoms with Crippen molar-refractivity contribution < 1.29 is 4.74 Å². The van der Waals surface area contributed by atoms with Gasteiger partial charge in [0.05, 0.1) is 23.8 Å². The van der Waals surface area contributed by atoms with E-state index in [1.807, 2.05) is 42.5 Å². The van der Waals surface area contributed by atoms with Crippen LogP contribution in [0, 0.1) is 0 Å². The molecule has 1 fully saturated rings. The molecule has 2 heterocycles. The van der Waals surface area contributed by atoms with Crippen molar-refractivity contribution in [2.24, 2.45) is 0 Å². The molecule has 1 aliphatic rings. The van der Waals surface area contributed by atoms with Crippen LogP contribution < -0.4 is 26.0 Å². The molecular formula is C34H39ClN8O. The van der Waals surface area contributed by atoms with Gasteiger partial charge in [-0.2, -0.15) is 15.0 Å². The van der Waals surface area contributed by atoms with Crippen LogP contribution in [-0.4, -0.2) is 46.2 Å². The number of hydrogen-bond acceptors (Lipinski definition) is 9. The first-order valence-electron chi connectivity index (χ1n) is 15.5. The summed E-state index contributed by atoms with van der Waals surface area (Å²) in [6, 6.07) is 20.4. The Morgan fingerprint density at radius 2 is 1.55 bits per heavy atom. The van der Waals surface area contributed by atoms with E-state index in [0.717, 1.165) is 71.2 Å². The van der Waals surface area contributed by atoms with Gasteiger partial charge >= 0.3 is 0 Å². The van der Waals surface area contributed by atoms with Crippen molar-refractivity contribution in [3.63, 3.8) is 0 Å². The molecule has 0 saturated heterocycles. The van der Waals surface area contributed by atoms with Crippen LogP contribution in [0.5, 0.6) is 5.75 Å². The normalized spacial score (nSPS) is 13.6. The second-order valence-corrected chi connectivity index (χ2v) is 11.6. The zero-order chi connectivity index (χ0) is 30.3. The van der Waals surface area contributed by atoms with Crippen molar-refractivity contribution in [1.82, 2.24) is 19.9 Å². The Hall–Kier alpha value is -4.37. The summed E-state index contributed by atoms with van der Waals surface area (Å²) in [6.07, 6.45) is 7.83. The zero-order valence-electron chi connectivity index (χ0n) is 25.3. The van der Waals surface area contributed by atoms with E-state index >= 15 is 0 Å². The number of nitrogens with one attached hydrogen (secondary N) is 4. The monoisotopic (exact) mass is 610 g/mol. The molecule has 3 aromatic carbocycles. The van der Waals surface area contributed by atoms with E-state index < -0.39 is 0 Å². The summed E-state index contributed by atoms with van der Waals surface area (Å²) in [5.74, 6) is 2.41. The van der Waals surface area contributed by atoms with Gasteiger partial charge in [-0.3, -0.25) is 0 Å². The summed E-state index contributed by atoms with van der Waals surface area (Å²) in [6.45, 7) is 3.62. The predicted molar refractivity (Wildman–Crippen MR) is 182 cm³/mol. The average molecular weight is 611 g/mol. The molecule has 4 N–H and O–H groups in total. The largest absolute Gasteiger partial charge is 0.497 e. The predicted octanol–water partition coefficient (Wildman–Crippen LogP) is 8.20. The van der Waals surface area contributed by atoms with Crippen molar-refractivity contribution in [3.8, 4) is 5.75 Å². The summed E-state index contributed by atoms with van der Waals surface area (Å²) < 4.78 is 5.29. The number of hydrogen-bond donors (Lipinski definition) is 4. The number of fused-ring (bicyclic) bond motifs is 2. The zero-order valence-corrected chi connectivity index (χ0v) is 26.0. The number of ether oxygens (including phenoxy) is 1. The van der Waals surface area contributed by atoms with E-state index in [2.05, 4.69) is 56.4 Å². The Kier molecular flexibility index (Phi) is 9.41. The standard InChI is InChI=1S/C34H39ClN8O/c1-3-22-10-17-29-28(20-22)31(27-16-11-23(35)21-30(27)40-29)36-18-7-19-37-32-41-33(38-24-8-5-4-6-9-24)43-34(42-32)39-25-12-14-26(44-2)15-13-25/h10-17,20-21,24H,3-9,18-19H2,1-2H3,(H,36,40)(H3,37,38,39,41,42,43). The summed E-state index contributed by atoms with van der Waals surface area (Å²) in [5.41, 5.74) is 5.08. The molecule has 0 spiro atoms. The molecule has 0 aliphatic heterocycles. The molecular weight excluding hydrogens is 572 g/mol. The first-order valence-corrected chi connectivity index (χ1v) is 15.9. The van der Waals surface area contributed by atoms with Crippen molar-refractivity contribution in [2.45, 2.75) is 57.9 Å². The number of pyridine rings is 1. The van der Waals surface area contributed by atoms with Gasteiger partial charge in [0.15, 0.2) is 0 Å². The van der Waals surface area contributed by atoms with Crippen LogP contribution in [0.3, 0.4) is 0 Å². The van der Waals surface area contributed by atoms with E-state index in [1.54, 1.807) is 7.11 Å². The first kappa shape index (κ1) is 29.7. The van der Waals surface area contributed by atoms with E-state index in [1.165, 1.54) is 24.8 Å². The average Bonchev–Trinajstić information content (AvgIpc) is 3.04. The van der Waals surface area contributed by atoms with Crippen LogP contribution >= 0.6 is 11.6 Å². The van der Waals surface area contributed by atoms with Crippen LogP contribution in [0.25, 0.3) is 21.8 Å². The Morgan fingerprint density at radius 3 is 2.34 bits per heavy atom. The number of anilines is 5. The van der Waals surface area contributed by atoms with Crippen LogP contribution in [0.15, 0.2) is 60.7 Å². The minimum Gasteiger partial charge on any atom is -0.497 e. The Balaban J connectivity index is 1.15. The number of rotatable bonds is 12. The number of nitrogens with zero attached hydrogens (tertiary/aromatic N) is 4. The van der Waals surface area contributed by atoms with Gasteiger partial charge in [-0.15, -0.1) is 0 Å². The Labute approximate surface area is 263 Å². The molecule has 6 rings (SSSR count). The molecule has 0 radical (unpaired) electrons. The van der Waals surface area contributed by atoms with Gasteiger partial charge in [0.25, 0.3) is 0 Å². The molecule has 44 heavy (non-hydrogen) atoms. The summed E-state index contributed by atoms with van der Waals surface area (Å²) >= 11 is 6.31. The van der Waals surface area contributed by atoms with E-state index in [4.69, 9.17) is 26.3 Å². The Bertz CT molecular complexity index is 1720. The molecule has 1 aliphatic carbocycles. The van der Waals surface area contributed by atoms with Gasteiger partial charge in [-0.1, -0.05) is 43.9 Å². The lowest BCUT2D eigenvalue weighted by molar-refractivity contribution is 0.415. The molecule has 0 unspecified atom stereocenters. The maximum Gasteiger partial charge on any atom is 0.233 e. The van der Waals surface area contributed by atoms with E-state index in [9.17, 15) is 0 Å². The SMILES string of the molecule is CCc1ccc2nc3cc(Cl)ccc3c(NCCCNc3nc(Nc4ccc(OC)cc4)nc(NC4CCCCC4)n3)c2c1. The van der Waals surface area contributed by atoms with Gasteiger partial charge in [-0.05, 0) is 85.8 Å². The lowest BCUT2D eigenvalue weighted by Gasteiger charge is -2.23. The number of benzene rings is 3. The van der Waals surface area contributed by atoms with Gasteiger partial charge in [0, 0.05) is 40.6 Å². The molecule has 9 nitrogen and oxygen atoms in total. The second kappa shape index (κ2) is 13.9. The highest BCUT2D eigenvalue weighted by Crippen LogP contribution is 2.33. The van der Waals surface area contributed by atoms with E-state index in [-0.39, 0.29) is 0 Å². The first-order chi connectivity index (χ1) is 21.6. The van der Waals surface area contributed by atoms with Crippen molar-refractivity contribution in [2.75, 3.05) is 41.5 Å². The van der Waals surface area contributed by atoms with Crippen molar-refractivity contribution >= 4 is 62.6 Å². The number of methoxy groups -OCH3 is 1. The van der Waals surface area contributed by atoms with Crippen LogP contribution in [-0.2, 0) is 6.42 Å². The number of aromatic nitrogens is 4. The van der Waals surface area contributed by atoms with Gasteiger partial charge < -0.3 is 26.0 Å². The molecule has 0 amide bonds. The third kappa shape index (κ3) is 7.22. The summed E-state index contributed by atoms with van der Waals surface area (Å²) in [4.78, 5) is 19.0. The lowest BCUT2D eigenvalue weighted by atomic mass is 9.96. The maximum atomic E-state index is 6.31. The van der Waals surface area contributed by atoms with Crippen LogP contribution in [0.4, 0.5) is 29.2 Å².